The Morgan fingerprint density at radius 2 is 1.79 bits per heavy atom. The third-order valence-corrected chi connectivity index (χ3v) is 4.29. The number of halogens is 1. The van der Waals surface area contributed by atoms with Gasteiger partial charge < -0.3 is 5.32 Å². The minimum Gasteiger partial charge on any atom is -0.321 e. The van der Waals surface area contributed by atoms with E-state index in [1.807, 2.05) is 42.5 Å². The van der Waals surface area contributed by atoms with Crippen LogP contribution in [-0.4, -0.2) is 23.4 Å². The lowest BCUT2D eigenvalue weighted by Gasteiger charge is -2.20. The van der Waals surface area contributed by atoms with E-state index in [0.717, 1.165) is 10.2 Å². The van der Waals surface area contributed by atoms with Gasteiger partial charge in [0.25, 0.3) is 5.91 Å². The molecule has 1 unspecified atom stereocenters. The molecule has 6 heteroatoms. The monoisotopic (exact) mass is 385 g/mol. The van der Waals surface area contributed by atoms with Gasteiger partial charge in [-0.05, 0) is 43.3 Å². The van der Waals surface area contributed by atoms with Crippen LogP contribution in [-0.2, 0) is 9.59 Å². The molecule has 0 aromatic heterocycles. The number of anilines is 2. The molecule has 3 rings (SSSR count). The highest BCUT2D eigenvalue weighted by Crippen LogP contribution is 2.25. The molecule has 0 saturated heterocycles. The third kappa shape index (κ3) is 3.54. The Bertz CT molecular complexity index is 788. The number of para-hydroxylation sites is 1. The van der Waals surface area contributed by atoms with Crippen LogP contribution in [0.5, 0.6) is 0 Å². The maximum Gasteiger partial charge on any atom is 0.271 e. The third-order valence-electron chi connectivity index (χ3n) is 3.76. The molecule has 0 aliphatic carbocycles. The molecule has 2 aromatic rings. The van der Waals surface area contributed by atoms with Crippen LogP contribution in [0.25, 0.3) is 0 Å². The van der Waals surface area contributed by atoms with Gasteiger partial charge in [0.2, 0.25) is 0 Å². The number of nitrogens with zero attached hydrogens (tertiary/aromatic N) is 2. The van der Waals surface area contributed by atoms with Gasteiger partial charge in [0, 0.05) is 16.6 Å². The molecule has 0 saturated carbocycles. The van der Waals surface area contributed by atoms with Crippen molar-refractivity contribution in [1.29, 1.82) is 0 Å². The molecule has 0 fully saturated rings. The number of amides is 1. The highest BCUT2D eigenvalue weighted by molar-refractivity contribution is 9.10. The van der Waals surface area contributed by atoms with Crippen molar-refractivity contribution >= 4 is 44.7 Å². The van der Waals surface area contributed by atoms with Crippen molar-refractivity contribution in [2.45, 2.75) is 19.4 Å². The molecule has 2 aromatic carbocycles. The van der Waals surface area contributed by atoms with Crippen LogP contribution in [0.2, 0.25) is 0 Å². The molecular formula is C18H16BrN3O2. The average molecular weight is 386 g/mol. The Hall–Kier alpha value is -2.47. The molecule has 1 amide bonds. The van der Waals surface area contributed by atoms with Crippen molar-refractivity contribution < 1.29 is 9.59 Å². The second-order valence-corrected chi connectivity index (χ2v) is 6.43. The molecule has 0 radical (unpaired) electrons. The minimum absolute atomic E-state index is 0.0194. The van der Waals surface area contributed by atoms with E-state index in [1.54, 1.807) is 17.1 Å². The van der Waals surface area contributed by atoms with Gasteiger partial charge in [0.1, 0.15) is 11.8 Å². The summed E-state index contributed by atoms with van der Waals surface area (Å²) in [6.07, 6.45) is 0.298. The second kappa shape index (κ2) is 6.97. The van der Waals surface area contributed by atoms with Crippen LogP contribution in [0.3, 0.4) is 0 Å². The Labute approximate surface area is 148 Å². The van der Waals surface area contributed by atoms with E-state index < -0.39 is 6.04 Å². The normalized spacial score (nSPS) is 16.7. The standard InChI is InChI=1S/C18H16BrN3O2/c1-12(23)17-11-16(21-22(17)15-5-3-2-4-6-15)18(24)20-14-9-7-13(19)8-10-14/h2-10,17H,11H2,1H3,(H,20,24). The molecule has 0 bridgehead atoms. The van der Waals surface area contributed by atoms with Gasteiger partial charge in [-0.25, -0.2) is 0 Å². The van der Waals surface area contributed by atoms with Crippen LogP contribution >= 0.6 is 15.9 Å². The lowest BCUT2D eigenvalue weighted by atomic mass is 10.1. The zero-order chi connectivity index (χ0) is 17.1. The van der Waals surface area contributed by atoms with E-state index in [9.17, 15) is 9.59 Å². The summed E-state index contributed by atoms with van der Waals surface area (Å²) < 4.78 is 0.936. The molecule has 0 spiro atoms. The average Bonchev–Trinajstić information content (AvgIpc) is 3.03. The number of hydrogen-bond acceptors (Lipinski definition) is 4. The Morgan fingerprint density at radius 3 is 2.42 bits per heavy atom. The number of carbonyl (C=O) groups is 2. The van der Waals surface area contributed by atoms with Gasteiger partial charge in [0.05, 0.1) is 5.69 Å². The molecule has 24 heavy (non-hydrogen) atoms. The predicted octanol–water partition coefficient (Wildman–Crippen LogP) is 3.61. The highest BCUT2D eigenvalue weighted by Gasteiger charge is 2.34. The summed E-state index contributed by atoms with van der Waals surface area (Å²) >= 11 is 3.35. The van der Waals surface area contributed by atoms with Crippen LogP contribution in [0.4, 0.5) is 11.4 Å². The molecule has 1 aliphatic heterocycles. The Balaban J connectivity index is 1.81. The molecular weight excluding hydrogens is 370 g/mol. The van der Waals surface area contributed by atoms with Gasteiger partial charge in [-0.2, -0.15) is 5.10 Å². The number of benzene rings is 2. The molecule has 1 N–H and O–H groups in total. The van der Waals surface area contributed by atoms with Gasteiger partial charge >= 0.3 is 0 Å². The number of Topliss-reactive ketones (excluding diaryl/α,β-unsaturated/α-hetero) is 1. The van der Waals surface area contributed by atoms with Crippen molar-refractivity contribution in [1.82, 2.24) is 0 Å². The fraction of sp³-hybridized carbons (Fsp3) is 0.167. The first kappa shape index (κ1) is 16.4. The topological polar surface area (TPSA) is 61.8 Å². The van der Waals surface area contributed by atoms with E-state index in [-0.39, 0.29) is 11.7 Å². The number of ketones is 1. The predicted molar refractivity (Wildman–Crippen MR) is 98.2 cm³/mol. The Kier molecular flexibility index (Phi) is 4.76. The van der Waals surface area contributed by atoms with Crippen LogP contribution < -0.4 is 10.3 Å². The quantitative estimate of drug-likeness (QED) is 0.873. The lowest BCUT2D eigenvalue weighted by molar-refractivity contribution is -0.118. The number of hydrazone groups is 1. The van der Waals surface area contributed by atoms with Crippen molar-refractivity contribution in [3.05, 3.63) is 59.1 Å². The fourth-order valence-corrected chi connectivity index (χ4v) is 2.78. The maximum atomic E-state index is 12.5. The molecule has 1 aliphatic rings. The maximum absolute atomic E-state index is 12.5. The molecule has 122 valence electrons. The number of rotatable bonds is 4. The molecule has 1 atom stereocenters. The summed E-state index contributed by atoms with van der Waals surface area (Å²) in [5.74, 6) is -0.309. The van der Waals surface area contributed by atoms with Gasteiger partial charge in [-0.1, -0.05) is 34.1 Å². The number of nitrogens with one attached hydrogen (secondary N) is 1. The summed E-state index contributed by atoms with van der Waals surface area (Å²) in [5.41, 5.74) is 1.83. The summed E-state index contributed by atoms with van der Waals surface area (Å²) in [6.45, 7) is 1.52. The zero-order valence-corrected chi connectivity index (χ0v) is 14.7. The first-order valence-electron chi connectivity index (χ1n) is 7.54. The van der Waals surface area contributed by atoms with E-state index in [2.05, 4.69) is 26.3 Å². The minimum atomic E-state index is -0.446. The second-order valence-electron chi connectivity index (χ2n) is 5.52. The molecule has 5 nitrogen and oxygen atoms in total. The zero-order valence-electron chi connectivity index (χ0n) is 13.1. The van der Waals surface area contributed by atoms with E-state index >= 15 is 0 Å². The first-order chi connectivity index (χ1) is 11.5. The number of hydrogen-bond donors (Lipinski definition) is 1. The summed E-state index contributed by atoms with van der Waals surface area (Å²) in [6, 6.07) is 16.2. The van der Waals surface area contributed by atoms with Crippen LogP contribution in [0.1, 0.15) is 13.3 Å². The van der Waals surface area contributed by atoms with Crippen LogP contribution in [0, 0.1) is 0 Å². The van der Waals surface area contributed by atoms with Crippen molar-refractivity contribution in [3.63, 3.8) is 0 Å². The van der Waals surface area contributed by atoms with Gasteiger partial charge in [-0.15, -0.1) is 0 Å². The highest BCUT2D eigenvalue weighted by atomic mass is 79.9. The van der Waals surface area contributed by atoms with Gasteiger partial charge in [-0.3, -0.25) is 14.6 Å². The van der Waals surface area contributed by atoms with E-state index in [0.29, 0.717) is 17.8 Å². The number of carbonyl (C=O) groups excluding carboxylic acids is 2. The summed E-state index contributed by atoms with van der Waals surface area (Å²) in [5, 5.41) is 8.82. The first-order valence-corrected chi connectivity index (χ1v) is 8.33. The van der Waals surface area contributed by atoms with Crippen molar-refractivity contribution in [3.8, 4) is 0 Å². The van der Waals surface area contributed by atoms with Crippen LogP contribution in [0.15, 0.2) is 64.2 Å². The van der Waals surface area contributed by atoms with E-state index in [4.69, 9.17) is 0 Å². The van der Waals surface area contributed by atoms with Gasteiger partial charge in [0.15, 0.2) is 5.78 Å². The largest absolute Gasteiger partial charge is 0.321 e. The lowest BCUT2D eigenvalue weighted by Crippen LogP contribution is -2.33. The Morgan fingerprint density at radius 1 is 1.12 bits per heavy atom. The smallest absolute Gasteiger partial charge is 0.271 e. The summed E-state index contributed by atoms with van der Waals surface area (Å²) in [7, 11) is 0. The van der Waals surface area contributed by atoms with Crippen molar-refractivity contribution in [2.75, 3.05) is 10.3 Å². The van der Waals surface area contributed by atoms with Crippen molar-refractivity contribution in [2.24, 2.45) is 5.10 Å². The summed E-state index contributed by atoms with van der Waals surface area (Å²) in [4.78, 5) is 24.4. The fourth-order valence-electron chi connectivity index (χ4n) is 2.52. The van der Waals surface area contributed by atoms with E-state index in [1.165, 1.54) is 6.92 Å². The molecule has 1 heterocycles. The SMILES string of the molecule is CC(=O)C1CC(C(=O)Nc2ccc(Br)cc2)=NN1c1ccccc1.